The van der Waals surface area contributed by atoms with E-state index in [-0.39, 0.29) is 23.8 Å². The van der Waals surface area contributed by atoms with Crippen LogP contribution in [-0.2, 0) is 0 Å². The molecule has 0 atom stereocenters. The van der Waals surface area contributed by atoms with E-state index in [4.69, 9.17) is 9.15 Å². The van der Waals surface area contributed by atoms with Crippen LogP contribution >= 0.6 is 0 Å². The molecule has 1 amide bonds. The zero-order chi connectivity index (χ0) is 24.4. The molecule has 0 saturated carbocycles. The van der Waals surface area contributed by atoms with Gasteiger partial charge < -0.3 is 24.7 Å². The number of hydrogen-bond donors (Lipinski definition) is 2. The van der Waals surface area contributed by atoms with Gasteiger partial charge in [-0.15, -0.1) is 0 Å². The number of benzene rings is 2. The molecule has 35 heavy (non-hydrogen) atoms. The second kappa shape index (κ2) is 9.61. The molecule has 2 aromatic carbocycles. The lowest BCUT2D eigenvalue weighted by Crippen LogP contribution is -2.27. The van der Waals surface area contributed by atoms with Gasteiger partial charge in [0.15, 0.2) is 17.4 Å². The van der Waals surface area contributed by atoms with Crippen LogP contribution in [0.15, 0.2) is 59.1 Å². The van der Waals surface area contributed by atoms with E-state index in [1.54, 1.807) is 30.3 Å². The minimum atomic E-state index is -0.576. The third-order valence-electron chi connectivity index (χ3n) is 5.61. The Bertz CT molecular complexity index is 1350. The van der Waals surface area contributed by atoms with Gasteiger partial charge in [0, 0.05) is 29.9 Å². The number of halogens is 1. The molecule has 3 heterocycles. The Kier molecular flexibility index (Phi) is 6.22. The summed E-state index contributed by atoms with van der Waals surface area (Å²) < 4.78 is 25.8. The van der Waals surface area contributed by atoms with Gasteiger partial charge in [0.05, 0.1) is 12.3 Å². The molecule has 2 N–H and O–H groups in total. The highest BCUT2D eigenvalue weighted by Crippen LogP contribution is 2.27. The fourth-order valence-corrected chi connectivity index (χ4v) is 3.97. The summed E-state index contributed by atoms with van der Waals surface area (Å²) in [6.07, 6.45) is 3.22. The van der Waals surface area contributed by atoms with Crippen LogP contribution in [0, 0.1) is 5.82 Å². The van der Waals surface area contributed by atoms with Gasteiger partial charge in [0.2, 0.25) is 5.95 Å². The van der Waals surface area contributed by atoms with Gasteiger partial charge in [0.1, 0.15) is 11.3 Å². The minimum Gasteiger partial charge on any atom is -0.491 e. The predicted octanol–water partition coefficient (Wildman–Crippen LogP) is 5.87. The van der Waals surface area contributed by atoms with E-state index in [1.807, 2.05) is 36.9 Å². The number of nitrogens with one attached hydrogen (secondary N) is 2. The molecule has 1 aliphatic rings. The van der Waals surface area contributed by atoms with E-state index in [0.717, 1.165) is 43.3 Å². The van der Waals surface area contributed by atoms with Crippen LogP contribution in [0.25, 0.3) is 11.0 Å². The molecule has 0 radical (unpaired) electrons. The maximum Gasteiger partial charge on any atom is 0.289 e. The average Bonchev–Trinajstić information content (AvgIpc) is 3.52. The van der Waals surface area contributed by atoms with Crippen LogP contribution in [0.2, 0.25) is 0 Å². The fraction of sp³-hybridized carbons (Fsp3) is 0.269. The maximum absolute atomic E-state index is 14.4. The molecular weight excluding hydrogens is 449 g/mol. The lowest BCUT2D eigenvalue weighted by molar-refractivity contribution is 0.0763. The van der Waals surface area contributed by atoms with E-state index >= 15 is 0 Å². The van der Waals surface area contributed by atoms with Crippen LogP contribution in [0.3, 0.4) is 0 Å². The minimum absolute atomic E-state index is 0.0444. The summed E-state index contributed by atoms with van der Waals surface area (Å²) in [5.74, 6) is 0.667. The Morgan fingerprint density at radius 3 is 2.54 bits per heavy atom. The molecule has 9 heteroatoms. The van der Waals surface area contributed by atoms with E-state index in [0.29, 0.717) is 22.7 Å². The first-order valence-electron chi connectivity index (χ1n) is 11.6. The van der Waals surface area contributed by atoms with E-state index < -0.39 is 5.82 Å². The van der Waals surface area contributed by atoms with Gasteiger partial charge in [0.25, 0.3) is 5.91 Å². The molecule has 2 aromatic heterocycles. The van der Waals surface area contributed by atoms with Gasteiger partial charge in [-0.2, -0.15) is 4.98 Å². The molecular formula is C26H26FN5O3. The van der Waals surface area contributed by atoms with Crippen molar-refractivity contribution in [2.24, 2.45) is 0 Å². The van der Waals surface area contributed by atoms with Crippen molar-refractivity contribution in [2.45, 2.75) is 32.8 Å². The number of carbonyl (C=O) groups excluding carboxylic acids is 1. The Morgan fingerprint density at radius 1 is 1.06 bits per heavy atom. The van der Waals surface area contributed by atoms with Gasteiger partial charge >= 0.3 is 0 Å². The summed E-state index contributed by atoms with van der Waals surface area (Å²) in [4.78, 5) is 22.8. The lowest BCUT2D eigenvalue weighted by Gasteiger charge is -2.12. The van der Waals surface area contributed by atoms with Crippen LogP contribution in [0.5, 0.6) is 5.75 Å². The topological polar surface area (TPSA) is 92.5 Å². The average molecular weight is 476 g/mol. The van der Waals surface area contributed by atoms with Crippen molar-refractivity contribution >= 4 is 40.0 Å². The normalized spacial score (nSPS) is 13.4. The first-order chi connectivity index (χ1) is 16.9. The van der Waals surface area contributed by atoms with Crippen molar-refractivity contribution in [2.75, 3.05) is 23.7 Å². The highest BCUT2D eigenvalue weighted by atomic mass is 19.1. The standard InChI is InChI=1S/C26H26FN5O3/c1-16(2)34-20-8-5-18(6-9-20)29-24-21(27)15-28-26(31-24)30-19-7-10-22-17(13-19)14-23(35-22)25(33)32-11-3-4-12-32/h5-10,13-16H,3-4,11-12H2,1-2H3,(H2,28,29,30,31). The number of carbonyl (C=O) groups is 1. The Labute approximate surface area is 202 Å². The lowest BCUT2D eigenvalue weighted by atomic mass is 10.2. The quantitative estimate of drug-likeness (QED) is 0.345. The molecule has 0 spiro atoms. The van der Waals surface area contributed by atoms with Crippen LogP contribution in [-0.4, -0.2) is 40.0 Å². The van der Waals surface area contributed by atoms with Gasteiger partial charge in [-0.3, -0.25) is 4.79 Å². The maximum atomic E-state index is 14.4. The third-order valence-corrected chi connectivity index (χ3v) is 5.61. The number of anilines is 4. The summed E-state index contributed by atoms with van der Waals surface area (Å²) in [5, 5.41) is 6.84. The third kappa shape index (κ3) is 5.18. The van der Waals surface area contributed by atoms with Crippen molar-refractivity contribution < 1.29 is 18.3 Å². The summed E-state index contributed by atoms with van der Waals surface area (Å²) in [5.41, 5.74) is 1.97. The smallest absolute Gasteiger partial charge is 0.289 e. The number of nitrogens with zero attached hydrogens (tertiary/aromatic N) is 3. The Hall–Kier alpha value is -4.14. The zero-order valence-electron chi connectivity index (χ0n) is 19.5. The van der Waals surface area contributed by atoms with Crippen molar-refractivity contribution in [3.8, 4) is 5.75 Å². The number of aromatic nitrogens is 2. The number of rotatable bonds is 7. The SMILES string of the molecule is CC(C)Oc1ccc(Nc2nc(Nc3ccc4oc(C(=O)N5CCCC5)cc4c3)ncc2F)cc1. The fourth-order valence-electron chi connectivity index (χ4n) is 3.97. The first-order valence-corrected chi connectivity index (χ1v) is 11.6. The molecule has 1 saturated heterocycles. The molecule has 8 nitrogen and oxygen atoms in total. The van der Waals surface area contributed by atoms with Crippen LogP contribution in [0.1, 0.15) is 37.2 Å². The molecule has 1 fully saturated rings. The second-order valence-electron chi connectivity index (χ2n) is 8.69. The van der Waals surface area contributed by atoms with Crippen molar-refractivity contribution in [1.82, 2.24) is 14.9 Å². The highest BCUT2D eigenvalue weighted by Gasteiger charge is 2.22. The van der Waals surface area contributed by atoms with Crippen molar-refractivity contribution in [3.63, 3.8) is 0 Å². The van der Waals surface area contributed by atoms with Crippen LogP contribution < -0.4 is 15.4 Å². The van der Waals surface area contributed by atoms with Crippen molar-refractivity contribution in [3.05, 3.63) is 66.3 Å². The van der Waals surface area contributed by atoms with Crippen molar-refractivity contribution in [1.29, 1.82) is 0 Å². The number of likely N-dealkylation sites (tertiary alicyclic amines) is 1. The molecule has 4 aromatic rings. The Morgan fingerprint density at radius 2 is 1.80 bits per heavy atom. The number of fused-ring (bicyclic) bond motifs is 1. The van der Waals surface area contributed by atoms with E-state index in [9.17, 15) is 9.18 Å². The van der Waals surface area contributed by atoms with Gasteiger partial charge in [-0.25, -0.2) is 9.37 Å². The second-order valence-corrected chi connectivity index (χ2v) is 8.69. The summed E-state index contributed by atoms with van der Waals surface area (Å²) in [6, 6.07) is 14.4. The first kappa shape index (κ1) is 22.6. The van der Waals surface area contributed by atoms with E-state index in [2.05, 4.69) is 20.6 Å². The monoisotopic (exact) mass is 475 g/mol. The molecule has 0 bridgehead atoms. The summed E-state index contributed by atoms with van der Waals surface area (Å²) in [7, 11) is 0. The zero-order valence-corrected chi connectivity index (χ0v) is 19.5. The summed E-state index contributed by atoms with van der Waals surface area (Å²) in [6.45, 7) is 5.43. The molecule has 0 aliphatic carbocycles. The largest absolute Gasteiger partial charge is 0.491 e. The van der Waals surface area contributed by atoms with E-state index in [1.165, 1.54) is 0 Å². The van der Waals surface area contributed by atoms with Gasteiger partial charge in [-0.05, 0) is 75.2 Å². The molecule has 180 valence electrons. The number of furan rings is 1. The van der Waals surface area contributed by atoms with Gasteiger partial charge in [-0.1, -0.05) is 0 Å². The number of amides is 1. The van der Waals surface area contributed by atoms with Crippen LogP contribution in [0.4, 0.5) is 27.5 Å². The molecule has 0 unspecified atom stereocenters. The molecule has 5 rings (SSSR count). The Balaban J connectivity index is 1.31. The summed E-state index contributed by atoms with van der Waals surface area (Å²) >= 11 is 0. The molecule has 1 aliphatic heterocycles. The highest BCUT2D eigenvalue weighted by molar-refractivity contribution is 5.97. The number of hydrogen-bond acceptors (Lipinski definition) is 7. The predicted molar refractivity (Wildman–Crippen MR) is 132 cm³/mol. The number of ether oxygens (including phenoxy) is 1.